The molecule has 1 atom stereocenters. The molecule has 1 amide bonds. The lowest BCUT2D eigenvalue weighted by atomic mass is 10.2. The number of benzene rings is 1. The van der Waals surface area contributed by atoms with Crippen LogP contribution >= 0.6 is 24.4 Å². The summed E-state index contributed by atoms with van der Waals surface area (Å²) in [5.74, 6) is -0.0672. The van der Waals surface area contributed by atoms with Gasteiger partial charge in [0.1, 0.15) is 5.75 Å². The van der Waals surface area contributed by atoms with Gasteiger partial charge in [0.2, 0.25) is 6.79 Å². The Bertz CT molecular complexity index is 636. The van der Waals surface area contributed by atoms with E-state index in [-0.39, 0.29) is 23.4 Å². The Morgan fingerprint density at radius 3 is 2.83 bits per heavy atom. The first kappa shape index (κ1) is 18.5. The van der Waals surface area contributed by atoms with Crippen LogP contribution in [0.25, 0.3) is 0 Å². The molecule has 1 N–H and O–H groups in total. The monoisotopic (exact) mass is 370 g/mol. The van der Waals surface area contributed by atoms with E-state index in [1.165, 1.54) is 11.8 Å². The minimum atomic E-state index is -0.830. The third-order valence-corrected chi connectivity index (χ3v) is 4.07. The number of carbonyl (C=O) groups excluding carboxylic acids is 2. The molecule has 0 bridgehead atoms. The van der Waals surface area contributed by atoms with Crippen LogP contribution in [0.1, 0.15) is 24.2 Å². The van der Waals surface area contributed by atoms with Crippen molar-refractivity contribution in [2.75, 3.05) is 13.3 Å². The van der Waals surface area contributed by atoms with Crippen molar-refractivity contribution >= 4 is 41.6 Å². The van der Waals surface area contributed by atoms with Crippen LogP contribution in [-0.4, -0.2) is 41.3 Å². The SMILES string of the molecule is CC(C)OC(=O)OCOc1ccccc1C(=O)NC1=NCC(S)S1. The Balaban J connectivity index is 1.92. The molecule has 1 unspecified atom stereocenters. The molecule has 0 aromatic heterocycles. The number of hydrogen-bond acceptors (Lipinski definition) is 8. The summed E-state index contributed by atoms with van der Waals surface area (Å²) in [5, 5.41) is 3.22. The predicted octanol–water partition coefficient (Wildman–Crippen LogP) is 2.67. The topological polar surface area (TPSA) is 86.2 Å². The zero-order valence-electron chi connectivity index (χ0n) is 13.2. The van der Waals surface area contributed by atoms with Crippen molar-refractivity contribution < 1.29 is 23.8 Å². The number of nitrogens with one attached hydrogen (secondary N) is 1. The molecule has 1 aliphatic rings. The van der Waals surface area contributed by atoms with Crippen LogP contribution in [-0.2, 0) is 9.47 Å². The normalized spacial score (nSPS) is 16.5. The Morgan fingerprint density at radius 2 is 2.17 bits per heavy atom. The van der Waals surface area contributed by atoms with Crippen molar-refractivity contribution in [2.24, 2.45) is 4.99 Å². The molecule has 0 saturated heterocycles. The van der Waals surface area contributed by atoms with Crippen molar-refractivity contribution in [3.8, 4) is 5.75 Å². The lowest BCUT2D eigenvalue weighted by molar-refractivity contribution is -0.00829. The minimum absolute atomic E-state index is 0.0483. The van der Waals surface area contributed by atoms with Crippen molar-refractivity contribution in [3.63, 3.8) is 0 Å². The molecule has 1 aromatic rings. The van der Waals surface area contributed by atoms with E-state index < -0.39 is 6.16 Å². The van der Waals surface area contributed by atoms with Gasteiger partial charge in [0.25, 0.3) is 5.91 Å². The average Bonchev–Trinajstić information content (AvgIpc) is 2.92. The average molecular weight is 370 g/mol. The van der Waals surface area contributed by atoms with Crippen LogP contribution in [0.4, 0.5) is 4.79 Å². The van der Waals surface area contributed by atoms with Gasteiger partial charge in [-0.2, -0.15) is 12.6 Å². The highest BCUT2D eigenvalue weighted by Crippen LogP contribution is 2.23. The highest BCUT2D eigenvalue weighted by atomic mass is 32.2. The molecule has 1 aliphatic heterocycles. The lowest BCUT2D eigenvalue weighted by Gasteiger charge is -2.12. The third kappa shape index (κ3) is 5.64. The molecule has 2 rings (SSSR count). The molecule has 9 heteroatoms. The summed E-state index contributed by atoms with van der Waals surface area (Å²) in [5.41, 5.74) is 0.309. The fourth-order valence-electron chi connectivity index (χ4n) is 1.75. The molecule has 24 heavy (non-hydrogen) atoms. The number of thioether (sulfide) groups is 1. The number of aliphatic imine (C=N–C) groups is 1. The maximum Gasteiger partial charge on any atom is 0.511 e. The molecule has 130 valence electrons. The van der Waals surface area contributed by atoms with Gasteiger partial charge >= 0.3 is 6.16 Å². The number of hydrogen-bond donors (Lipinski definition) is 2. The molecule has 7 nitrogen and oxygen atoms in total. The highest BCUT2D eigenvalue weighted by Gasteiger charge is 2.20. The first-order valence-electron chi connectivity index (χ1n) is 7.21. The Kier molecular flexibility index (Phi) is 6.80. The minimum Gasteiger partial charge on any atom is -0.456 e. The number of nitrogens with zero attached hydrogens (tertiary/aromatic N) is 1. The van der Waals surface area contributed by atoms with Crippen LogP contribution < -0.4 is 10.1 Å². The summed E-state index contributed by atoms with van der Waals surface area (Å²) >= 11 is 5.66. The largest absolute Gasteiger partial charge is 0.511 e. The molecular formula is C15H18N2O5S2. The standard InChI is InChI=1S/C15H18N2O5S2/c1-9(2)22-15(19)21-8-20-11-6-4-3-5-10(11)13(18)17-14-16-7-12(23)24-14/h3-6,9,12,23H,7-8H2,1-2H3,(H,16,17,18). The van der Waals surface area contributed by atoms with Crippen LogP contribution in [0.5, 0.6) is 5.75 Å². The van der Waals surface area contributed by atoms with Gasteiger partial charge in [-0.15, -0.1) is 0 Å². The molecule has 0 radical (unpaired) electrons. The molecule has 0 aliphatic carbocycles. The molecule has 1 heterocycles. The molecule has 0 fully saturated rings. The lowest BCUT2D eigenvalue weighted by Crippen LogP contribution is -2.28. The first-order chi connectivity index (χ1) is 11.5. The van der Waals surface area contributed by atoms with Crippen LogP contribution in [0.3, 0.4) is 0 Å². The van der Waals surface area contributed by atoms with Crippen molar-refractivity contribution in [1.82, 2.24) is 5.32 Å². The van der Waals surface area contributed by atoms with E-state index in [4.69, 9.17) is 14.2 Å². The zero-order valence-corrected chi connectivity index (χ0v) is 14.9. The number of thiol groups is 1. The quantitative estimate of drug-likeness (QED) is 0.471. The van der Waals surface area contributed by atoms with E-state index in [0.717, 1.165) is 0 Å². The Morgan fingerprint density at radius 1 is 1.42 bits per heavy atom. The highest BCUT2D eigenvalue weighted by molar-refractivity contribution is 8.21. The second-order valence-electron chi connectivity index (χ2n) is 4.99. The first-order valence-corrected chi connectivity index (χ1v) is 8.61. The predicted molar refractivity (Wildman–Crippen MR) is 94.8 cm³/mol. The molecule has 0 spiro atoms. The second-order valence-corrected chi connectivity index (χ2v) is 7.16. The summed E-state index contributed by atoms with van der Waals surface area (Å²) in [6.07, 6.45) is -1.11. The van der Waals surface area contributed by atoms with Crippen molar-refractivity contribution in [1.29, 1.82) is 0 Å². The molecule has 1 aromatic carbocycles. The number of amides is 1. The fraction of sp³-hybridized carbons (Fsp3) is 0.400. The van der Waals surface area contributed by atoms with Crippen LogP contribution in [0, 0.1) is 0 Å². The van der Waals surface area contributed by atoms with Gasteiger partial charge in [0.05, 0.1) is 22.8 Å². The van der Waals surface area contributed by atoms with Crippen LogP contribution in [0.15, 0.2) is 29.3 Å². The van der Waals surface area contributed by atoms with Gasteiger partial charge in [-0.1, -0.05) is 23.9 Å². The molecular weight excluding hydrogens is 352 g/mol. The fourth-order valence-corrected chi connectivity index (χ4v) is 2.83. The number of carbonyl (C=O) groups is 2. The summed E-state index contributed by atoms with van der Waals surface area (Å²) in [6.45, 7) is 3.61. The summed E-state index contributed by atoms with van der Waals surface area (Å²) in [6, 6.07) is 6.64. The Hall–Kier alpha value is -1.87. The smallest absolute Gasteiger partial charge is 0.456 e. The van der Waals surface area contributed by atoms with E-state index in [1.54, 1.807) is 38.1 Å². The maximum absolute atomic E-state index is 12.3. The summed E-state index contributed by atoms with van der Waals surface area (Å²) < 4.78 is 15.0. The second kappa shape index (κ2) is 8.84. The third-order valence-electron chi connectivity index (χ3n) is 2.71. The maximum atomic E-state index is 12.3. The van der Waals surface area contributed by atoms with E-state index >= 15 is 0 Å². The number of rotatable bonds is 5. The zero-order chi connectivity index (χ0) is 17.5. The van der Waals surface area contributed by atoms with Gasteiger partial charge in [-0.05, 0) is 26.0 Å². The van der Waals surface area contributed by atoms with Gasteiger partial charge in [-0.25, -0.2) is 4.79 Å². The van der Waals surface area contributed by atoms with Crippen molar-refractivity contribution in [2.45, 2.75) is 24.5 Å². The van der Waals surface area contributed by atoms with Gasteiger partial charge < -0.3 is 19.5 Å². The van der Waals surface area contributed by atoms with Gasteiger partial charge in [0, 0.05) is 0 Å². The summed E-state index contributed by atoms with van der Waals surface area (Å²) in [7, 11) is 0. The van der Waals surface area contributed by atoms with Gasteiger partial charge in [-0.3, -0.25) is 9.79 Å². The van der Waals surface area contributed by atoms with Gasteiger partial charge in [0.15, 0.2) is 5.17 Å². The number of ether oxygens (including phenoxy) is 3. The summed E-state index contributed by atoms with van der Waals surface area (Å²) in [4.78, 5) is 27.8. The number of para-hydroxylation sites is 1. The molecule has 0 saturated carbocycles. The van der Waals surface area contributed by atoms with E-state index in [0.29, 0.717) is 23.0 Å². The number of amidine groups is 1. The van der Waals surface area contributed by atoms with E-state index in [2.05, 4.69) is 22.9 Å². The van der Waals surface area contributed by atoms with Crippen LogP contribution in [0.2, 0.25) is 0 Å². The Labute approximate surface area is 149 Å². The van der Waals surface area contributed by atoms with Crippen molar-refractivity contribution in [3.05, 3.63) is 29.8 Å². The van der Waals surface area contributed by atoms with E-state index in [9.17, 15) is 9.59 Å². The van der Waals surface area contributed by atoms with E-state index in [1.807, 2.05) is 0 Å².